The highest BCUT2D eigenvalue weighted by molar-refractivity contribution is 7.27. The standard InChI is InChI=1S/C67H47BN2O2S2/c1-40-18-24-46(25-19-40)69(44-12-7-5-8-13-44)48-28-32-50-41(34-48)20-30-52-54-36-60-56(38-62(54)73-65(50)52)68-57-39-63-55(37-61(57)72-59-17-11-16-58(71-60)64(59)68)53-31-21-42-35-49(29-33-51(42)66(53)74-63)70(45-14-9-6-10-15-45)47-26-22-43(23-27-47)67(2,3)4/h5-39H,1-4H3. The van der Waals surface area contributed by atoms with Crippen molar-refractivity contribution in [3.05, 3.63) is 223 Å². The molecule has 0 radical (unpaired) electrons. The van der Waals surface area contributed by atoms with Crippen molar-refractivity contribution in [1.29, 1.82) is 0 Å². The third-order valence-electron chi connectivity index (χ3n) is 15.3. The first-order valence-corrected chi connectivity index (χ1v) is 27.0. The maximum Gasteiger partial charge on any atom is 0.260 e. The third kappa shape index (κ3) is 6.80. The number of hydrogen-bond donors (Lipinski definition) is 0. The lowest BCUT2D eigenvalue weighted by atomic mass is 9.35. The van der Waals surface area contributed by atoms with Gasteiger partial charge in [-0.3, -0.25) is 0 Å². The lowest BCUT2D eigenvalue weighted by molar-refractivity contribution is 0.465. The molecule has 0 saturated carbocycles. The smallest absolute Gasteiger partial charge is 0.260 e. The van der Waals surface area contributed by atoms with Crippen LogP contribution in [0.5, 0.6) is 23.0 Å². The van der Waals surface area contributed by atoms with Crippen molar-refractivity contribution >= 4 is 142 Å². The van der Waals surface area contributed by atoms with E-state index in [0.29, 0.717) is 0 Å². The van der Waals surface area contributed by atoms with Gasteiger partial charge in [0.05, 0.1) is 0 Å². The van der Waals surface area contributed by atoms with Crippen LogP contribution in [-0.2, 0) is 5.41 Å². The summed E-state index contributed by atoms with van der Waals surface area (Å²) >= 11 is 3.75. The number of rotatable bonds is 6. The molecule has 4 heterocycles. The van der Waals surface area contributed by atoms with Gasteiger partial charge in [-0.1, -0.05) is 129 Å². The van der Waals surface area contributed by atoms with Gasteiger partial charge < -0.3 is 19.3 Å². The molecule has 0 fully saturated rings. The van der Waals surface area contributed by atoms with Crippen molar-refractivity contribution in [2.45, 2.75) is 33.1 Å². The van der Waals surface area contributed by atoms with Crippen molar-refractivity contribution in [3.8, 4) is 23.0 Å². The first-order chi connectivity index (χ1) is 36.2. The summed E-state index contributed by atoms with van der Waals surface area (Å²) in [6, 6.07) is 77.8. The first kappa shape index (κ1) is 43.2. The molecule has 13 aromatic rings. The second-order valence-corrected chi connectivity index (χ2v) is 23.1. The molecule has 11 aromatic carbocycles. The number of benzene rings is 11. The maximum absolute atomic E-state index is 6.90. The van der Waals surface area contributed by atoms with Gasteiger partial charge in [0.25, 0.3) is 6.71 Å². The van der Waals surface area contributed by atoms with Crippen molar-refractivity contribution in [1.82, 2.24) is 0 Å². The van der Waals surface area contributed by atoms with E-state index in [9.17, 15) is 0 Å². The number of anilines is 6. The molecule has 15 rings (SSSR count). The highest BCUT2D eigenvalue weighted by Gasteiger charge is 2.41. The maximum atomic E-state index is 6.90. The zero-order chi connectivity index (χ0) is 49.4. The lowest BCUT2D eigenvalue weighted by Gasteiger charge is -2.33. The summed E-state index contributed by atoms with van der Waals surface area (Å²) in [5, 5.41) is 9.84. The Labute approximate surface area is 438 Å². The minimum atomic E-state index is -0.0521. The Morgan fingerprint density at radius 3 is 1.28 bits per heavy atom. The zero-order valence-electron chi connectivity index (χ0n) is 41.3. The molecule has 0 atom stereocenters. The van der Waals surface area contributed by atoms with Crippen LogP contribution in [0.3, 0.4) is 0 Å². The molecule has 4 nitrogen and oxygen atoms in total. The average Bonchev–Trinajstić information content (AvgIpc) is 3.98. The van der Waals surface area contributed by atoms with Crippen LogP contribution in [-0.4, -0.2) is 6.71 Å². The number of thiophene rings is 2. The molecule has 0 N–H and O–H groups in total. The Morgan fingerprint density at radius 1 is 0.378 bits per heavy atom. The predicted molar refractivity (Wildman–Crippen MR) is 318 cm³/mol. The van der Waals surface area contributed by atoms with Gasteiger partial charge in [-0.25, -0.2) is 0 Å². The van der Waals surface area contributed by atoms with Crippen LogP contribution in [0.25, 0.3) is 61.9 Å². The van der Waals surface area contributed by atoms with Gasteiger partial charge in [-0.05, 0) is 160 Å². The van der Waals surface area contributed by atoms with Gasteiger partial charge in [0.1, 0.15) is 23.0 Å². The van der Waals surface area contributed by atoms with E-state index in [1.807, 2.05) is 22.7 Å². The molecule has 2 aliphatic rings. The van der Waals surface area contributed by atoms with Crippen molar-refractivity contribution < 1.29 is 9.47 Å². The number of nitrogens with zero attached hydrogens (tertiary/aromatic N) is 2. The van der Waals surface area contributed by atoms with Gasteiger partial charge in [0, 0.05) is 79.9 Å². The molecule has 74 heavy (non-hydrogen) atoms. The number of ether oxygens (including phenoxy) is 2. The van der Waals surface area contributed by atoms with E-state index in [0.717, 1.165) is 62.6 Å². The fraction of sp³-hybridized carbons (Fsp3) is 0.0746. The molecular formula is C67H47BN2O2S2. The van der Waals surface area contributed by atoms with Crippen LogP contribution in [0.1, 0.15) is 31.9 Å². The number of para-hydroxylation sites is 2. The van der Waals surface area contributed by atoms with Gasteiger partial charge in [-0.15, -0.1) is 22.7 Å². The highest BCUT2D eigenvalue weighted by atomic mass is 32.1. The molecule has 0 spiro atoms. The van der Waals surface area contributed by atoms with E-state index >= 15 is 0 Å². The zero-order valence-corrected chi connectivity index (χ0v) is 42.9. The van der Waals surface area contributed by atoms with Crippen LogP contribution >= 0.6 is 22.7 Å². The molecule has 0 amide bonds. The van der Waals surface area contributed by atoms with Crippen LogP contribution < -0.4 is 35.7 Å². The lowest BCUT2D eigenvalue weighted by Crippen LogP contribution is -2.57. The quantitative estimate of drug-likeness (QED) is 0.155. The third-order valence-corrected chi connectivity index (χ3v) is 17.7. The van der Waals surface area contributed by atoms with E-state index in [1.54, 1.807) is 0 Å². The minimum Gasteiger partial charge on any atom is -0.458 e. The summed E-state index contributed by atoms with van der Waals surface area (Å²) in [7, 11) is 0. The van der Waals surface area contributed by atoms with Crippen molar-refractivity contribution in [2.75, 3.05) is 9.80 Å². The van der Waals surface area contributed by atoms with E-state index in [-0.39, 0.29) is 12.1 Å². The molecule has 0 saturated heterocycles. The topological polar surface area (TPSA) is 24.9 Å². The summed E-state index contributed by atoms with van der Waals surface area (Å²) < 4.78 is 18.9. The van der Waals surface area contributed by atoms with Crippen molar-refractivity contribution in [3.63, 3.8) is 0 Å². The summed E-state index contributed by atoms with van der Waals surface area (Å²) in [5.74, 6) is 3.51. The predicted octanol–water partition coefficient (Wildman–Crippen LogP) is 18.0. The van der Waals surface area contributed by atoms with E-state index in [4.69, 9.17) is 9.47 Å². The Hall–Kier alpha value is -8.36. The van der Waals surface area contributed by atoms with Gasteiger partial charge in [-0.2, -0.15) is 0 Å². The summed E-state index contributed by atoms with van der Waals surface area (Å²) in [6.07, 6.45) is 0. The van der Waals surface area contributed by atoms with Crippen LogP contribution in [0.15, 0.2) is 212 Å². The fourth-order valence-electron chi connectivity index (χ4n) is 11.6. The van der Waals surface area contributed by atoms with Gasteiger partial charge in [0.2, 0.25) is 0 Å². The highest BCUT2D eigenvalue weighted by Crippen LogP contribution is 2.47. The van der Waals surface area contributed by atoms with E-state index in [2.05, 4.69) is 250 Å². The Bertz CT molecular complexity index is 4430. The molecular weight excluding hydrogens is 940 g/mol. The Morgan fingerprint density at radius 2 is 0.811 bits per heavy atom. The van der Waals surface area contributed by atoms with Crippen molar-refractivity contribution in [2.24, 2.45) is 0 Å². The second kappa shape index (κ2) is 16.3. The largest absolute Gasteiger partial charge is 0.458 e. The summed E-state index contributed by atoms with van der Waals surface area (Å²) in [6.45, 7) is 8.88. The van der Waals surface area contributed by atoms with Crippen LogP contribution in [0.4, 0.5) is 34.1 Å². The van der Waals surface area contributed by atoms with E-state index < -0.39 is 0 Å². The molecule has 2 aliphatic heterocycles. The fourth-order valence-corrected chi connectivity index (χ4v) is 14.2. The average molecular weight is 987 g/mol. The number of fused-ring (bicyclic) bond motifs is 14. The number of hydrogen-bond acceptors (Lipinski definition) is 6. The molecule has 0 bridgehead atoms. The summed E-state index contributed by atoms with van der Waals surface area (Å²) in [5.41, 5.74) is 12.9. The molecule has 2 aromatic heterocycles. The van der Waals surface area contributed by atoms with Gasteiger partial charge in [0.15, 0.2) is 0 Å². The van der Waals surface area contributed by atoms with Crippen LogP contribution in [0.2, 0.25) is 0 Å². The first-order valence-electron chi connectivity index (χ1n) is 25.4. The van der Waals surface area contributed by atoms with E-state index in [1.165, 1.54) is 83.9 Å². The molecule has 352 valence electrons. The number of aryl methyl sites for hydroxylation is 1. The van der Waals surface area contributed by atoms with Crippen LogP contribution in [0, 0.1) is 6.92 Å². The molecule has 0 aliphatic carbocycles. The Balaban J connectivity index is 0.832. The normalized spacial score (nSPS) is 12.8. The monoisotopic (exact) mass is 986 g/mol. The van der Waals surface area contributed by atoms with Gasteiger partial charge >= 0.3 is 0 Å². The second-order valence-electron chi connectivity index (χ2n) is 21.0. The summed E-state index contributed by atoms with van der Waals surface area (Å²) in [4.78, 5) is 4.71. The molecule has 7 heteroatoms. The SMILES string of the molecule is Cc1ccc(N(c2ccccc2)c2ccc3c(ccc4c5cc6c(cc5sc34)B3c4cc5sc7c8ccc(N(c9ccccc9)c9ccc(C(C)(C)C)cc9)cc8ccc7c5cc4Oc4cccc(c43)O6)c2)cc1. The molecule has 0 unspecified atom stereocenters. The Kier molecular flexibility index (Phi) is 9.54. The minimum absolute atomic E-state index is 0.0521.